The van der Waals surface area contributed by atoms with Crippen LogP contribution in [-0.4, -0.2) is 4.57 Å². The van der Waals surface area contributed by atoms with E-state index in [0.29, 0.717) is 0 Å². The number of benzene rings is 8. The van der Waals surface area contributed by atoms with E-state index in [1.165, 1.54) is 60.8 Å². The molecule has 0 amide bonds. The molecule has 2 heteroatoms. The largest absolute Gasteiger partial charge is 0.456 e. The fourth-order valence-electron chi connectivity index (χ4n) is 7.53. The van der Waals surface area contributed by atoms with Gasteiger partial charge in [0.05, 0.1) is 11.0 Å². The highest BCUT2D eigenvalue weighted by molar-refractivity contribution is 6.12. The Bertz CT molecular complexity index is 2960. The molecule has 0 bridgehead atoms. The van der Waals surface area contributed by atoms with Gasteiger partial charge in [0, 0.05) is 27.2 Å². The molecular formula is C51H35NO. The average Bonchev–Trinajstić information content (AvgIpc) is 3.76. The molecule has 0 aliphatic carbocycles. The Labute approximate surface area is 309 Å². The van der Waals surface area contributed by atoms with Gasteiger partial charge in [0.2, 0.25) is 0 Å². The van der Waals surface area contributed by atoms with Gasteiger partial charge in [0.25, 0.3) is 0 Å². The Hall–Kier alpha value is -7.08. The molecule has 0 fully saturated rings. The molecule has 0 saturated carbocycles. The van der Waals surface area contributed by atoms with E-state index in [4.69, 9.17) is 4.42 Å². The van der Waals surface area contributed by atoms with E-state index < -0.39 is 0 Å². The first-order chi connectivity index (χ1) is 26.2. The lowest BCUT2D eigenvalue weighted by atomic mass is 9.96. The van der Waals surface area contributed by atoms with Crippen LogP contribution in [0.4, 0.5) is 0 Å². The maximum absolute atomic E-state index is 6.39. The van der Waals surface area contributed by atoms with Gasteiger partial charge in [-0.25, -0.2) is 0 Å². The molecule has 250 valence electrons. The number of aromatic nitrogens is 1. The number of rotatable bonds is 5. The van der Waals surface area contributed by atoms with Crippen LogP contribution in [0.15, 0.2) is 192 Å². The van der Waals surface area contributed by atoms with Crippen molar-refractivity contribution in [3.05, 3.63) is 188 Å². The first-order valence-corrected chi connectivity index (χ1v) is 17.9. The summed E-state index contributed by atoms with van der Waals surface area (Å²) in [4.78, 5) is 0. The Morgan fingerprint density at radius 3 is 1.45 bits per heavy atom. The molecule has 0 saturated heterocycles. The van der Waals surface area contributed by atoms with Crippen molar-refractivity contribution in [2.45, 2.75) is 6.92 Å². The van der Waals surface area contributed by atoms with Crippen molar-refractivity contribution in [3.8, 4) is 62.5 Å². The van der Waals surface area contributed by atoms with Crippen molar-refractivity contribution in [2.75, 3.05) is 0 Å². The molecule has 0 radical (unpaired) electrons. The molecule has 0 unspecified atom stereocenters. The Balaban J connectivity index is 0.00000120. The summed E-state index contributed by atoms with van der Waals surface area (Å²) < 4.78 is 8.78. The number of para-hydroxylation sites is 1. The zero-order valence-corrected chi connectivity index (χ0v) is 29.3. The fraction of sp³-hybridized carbons (Fsp3) is 0.0196. The van der Waals surface area contributed by atoms with Crippen LogP contribution in [0.25, 0.3) is 93.9 Å². The third-order valence-corrected chi connectivity index (χ3v) is 9.99. The van der Waals surface area contributed by atoms with Gasteiger partial charge in [0.1, 0.15) is 11.2 Å². The zero-order valence-electron chi connectivity index (χ0n) is 29.3. The number of terminal acetylenes is 1. The monoisotopic (exact) mass is 677 g/mol. The number of fused-ring (bicyclic) bond motifs is 6. The highest BCUT2D eigenvalue weighted by atomic mass is 16.3. The standard InChI is InChI=1S/C48H31NO.C3H4/c1-3-11-32(12-4-1)34-15-9-16-35(27-34)36-17-10-18-37(28-36)39-22-25-47-43(30-39)44-31-40(23-26-48(44)50-47)49-45-20-8-7-19-41(45)42-29-38(21-24-46(42)49)33-13-5-2-6-14-33;1-3-2/h1-31H;1H,2H3. The van der Waals surface area contributed by atoms with Crippen LogP contribution in [0.3, 0.4) is 0 Å². The summed E-state index contributed by atoms with van der Waals surface area (Å²) in [5, 5.41) is 4.71. The molecule has 53 heavy (non-hydrogen) atoms. The van der Waals surface area contributed by atoms with Crippen LogP contribution >= 0.6 is 0 Å². The minimum absolute atomic E-state index is 0.888. The highest BCUT2D eigenvalue weighted by Gasteiger charge is 2.16. The number of hydrogen-bond acceptors (Lipinski definition) is 1. The summed E-state index contributed by atoms with van der Waals surface area (Å²) in [6.07, 6.45) is 4.60. The minimum Gasteiger partial charge on any atom is -0.456 e. The predicted octanol–water partition coefficient (Wildman–Crippen LogP) is 14.0. The average molecular weight is 678 g/mol. The summed E-state index contributed by atoms with van der Waals surface area (Å²) in [5.41, 5.74) is 14.9. The maximum Gasteiger partial charge on any atom is 0.135 e. The third kappa shape index (κ3) is 5.85. The molecule has 0 N–H and O–H groups in total. The molecule has 8 aromatic carbocycles. The smallest absolute Gasteiger partial charge is 0.135 e. The quantitative estimate of drug-likeness (QED) is 0.166. The van der Waals surface area contributed by atoms with Crippen LogP contribution in [-0.2, 0) is 0 Å². The summed E-state index contributed by atoms with van der Waals surface area (Å²) in [6, 6.07) is 67.4. The summed E-state index contributed by atoms with van der Waals surface area (Å²) in [7, 11) is 0. The molecule has 2 aromatic heterocycles. The molecule has 0 aliphatic rings. The molecule has 2 heterocycles. The molecule has 2 nitrogen and oxygen atoms in total. The van der Waals surface area contributed by atoms with E-state index in [0.717, 1.165) is 33.2 Å². The van der Waals surface area contributed by atoms with E-state index in [-0.39, 0.29) is 0 Å². The minimum atomic E-state index is 0.888. The predicted molar refractivity (Wildman–Crippen MR) is 224 cm³/mol. The Morgan fingerprint density at radius 1 is 0.377 bits per heavy atom. The Kier molecular flexibility index (Phi) is 8.16. The first-order valence-electron chi connectivity index (χ1n) is 17.9. The van der Waals surface area contributed by atoms with Gasteiger partial charge in [0.15, 0.2) is 0 Å². The normalized spacial score (nSPS) is 11.1. The van der Waals surface area contributed by atoms with Gasteiger partial charge >= 0.3 is 0 Å². The van der Waals surface area contributed by atoms with E-state index in [2.05, 4.69) is 205 Å². The molecule has 0 aliphatic heterocycles. The molecule has 0 spiro atoms. The number of furan rings is 1. The molecular weight excluding hydrogens is 643 g/mol. The van der Waals surface area contributed by atoms with E-state index >= 15 is 0 Å². The third-order valence-electron chi connectivity index (χ3n) is 9.99. The van der Waals surface area contributed by atoms with Crippen LogP contribution in [0.5, 0.6) is 0 Å². The second kappa shape index (κ2) is 13.6. The van der Waals surface area contributed by atoms with Crippen molar-refractivity contribution in [2.24, 2.45) is 0 Å². The van der Waals surface area contributed by atoms with E-state index in [1.54, 1.807) is 6.92 Å². The van der Waals surface area contributed by atoms with Gasteiger partial charge in [-0.05, 0) is 112 Å². The summed E-state index contributed by atoms with van der Waals surface area (Å²) >= 11 is 0. The lowest BCUT2D eigenvalue weighted by Crippen LogP contribution is -1.93. The topological polar surface area (TPSA) is 18.1 Å². The Morgan fingerprint density at radius 2 is 0.811 bits per heavy atom. The molecule has 0 atom stereocenters. The molecule has 10 rings (SSSR count). The maximum atomic E-state index is 6.39. The lowest BCUT2D eigenvalue weighted by molar-refractivity contribution is 0.669. The summed E-state index contributed by atoms with van der Waals surface area (Å²) in [6.45, 7) is 1.65. The van der Waals surface area contributed by atoms with Crippen molar-refractivity contribution in [3.63, 3.8) is 0 Å². The number of nitrogens with zero attached hydrogens (tertiary/aromatic N) is 1. The van der Waals surface area contributed by atoms with Gasteiger partial charge in [-0.2, -0.15) is 0 Å². The second-order valence-corrected chi connectivity index (χ2v) is 13.3. The SMILES string of the molecule is C#CC.c1ccc(-c2cccc(-c3cccc(-c4ccc5oc6ccc(-n7c8ccccc8c8cc(-c9ccccc9)ccc87)cc6c5c4)c3)c2)cc1. The van der Waals surface area contributed by atoms with Crippen LogP contribution < -0.4 is 0 Å². The van der Waals surface area contributed by atoms with Crippen LogP contribution in [0.1, 0.15) is 6.92 Å². The van der Waals surface area contributed by atoms with Crippen molar-refractivity contribution < 1.29 is 4.42 Å². The van der Waals surface area contributed by atoms with Crippen molar-refractivity contribution in [1.29, 1.82) is 0 Å². The van der Waals surface area contributed by atoms with Gasteiger partial charge in [-0.15, -0.1) is 12.3 Å². The van der Waals surface area contributed by atoms with Gasteiger partial charge in [-0.1, -0.05) is 127 Å². The van der Waals surface area contributed by atoms with E-state index in [9.17, 15) is 0 Å². The van der Waals surface area contributed by atoms with Crippen molar-refractivity contribution >= 4 is 43.7 Å². The molecule has 10 aromatic rings. The highest BCUT2D eigenvalue weighted by Crippen LogP contribution is 2.39. The zero-order chi connectivity index (χ0) is 35.7. The summed E-state index contributed by atoms with van der Waals surface area (Å²) in [5.74, 6) is 2.25. The first kappa shape index (κ1) is 31.9. The lowest BCUT2D eigenvalue weighted by Gasteiger charge is -2.09. The van der Waals surface area contributed by atoms with E-state index in [1.807, 2.05) is 0 Å². The second-order valence-electron chi connectivity index (χ2n) is 13.3. The fourth-order valence-corrected chi connectivity index (χ4v) is 7.53. The van der Waals surface area contributed by atoms with Crippen LogP contribution in [0, 0.1) is 12.3 Å². The van der Waals surface area contributed by atoms with Crippen LogP contribution in [0.2, 0.25) is 0 Å². The van der Waals surface area contributed by atoms with Gasteiger partial charge < -0.3 is 8.98 Å². The van der Waals surface area contributed by atoms with Gasteiger partial charge in [-0.3, -0.25) is 0 Å². The van der Waals surface area contributed by atoms with Crippen molar-refractivity contribution in [1.82, 2.24) is 4.57 Å². The number of hydrogen-bond donors (Lipinski definition) is 0.